The van der Waals surface area contributed by atoms with Gasteiger partial charge >= 0.3 is 0 Å². The Hall–Kier alpha value is -0.340. The molecule has 0 saturated heterocycles. The van der Waals surface area contributed by atoms with Gasteiger partial charge in [-0.3, -0.25) is 0 Å². The van der Waals surface area contributed by atoms with Crippen molar-refractivity contribution in [3.63, 3.8) is 0 Å². The Kier molecular flexibility index (Phi) is 5.38. The van der Waals surface area contributed by atoms with Crippen molar-refractivity contribution in [1.29, 1.82) is 0 Å². The molecule has 2 atom stereocenters. The second-order valence-corrected chi connectivity index (χ2v) is 4.76. The van der Waals surface area contributed by atoms with E-state index in [1.807, 2.05) is 20.8 Å². The molecule has 2 nitrogen and oxygen atoms in total. The Morgan fingerprint density at radius 2 is 1.86 bits per heavy atom. The van der Waals surface area contributed by atoms with E-state index in [-0.39, 0.29) is 6.10 Å². The Balaban J connectivity index is 4.56. The minimum Gasteiger partial charge on any atom is -0.386 e. The standard InChI is InChI=1S/C12H24O2/c1-7-11(13)12(6,8-9(2)3)14-10(4)5/h7,9-11,13H,1,8H2,2-6H3. The van der Waals surface area contributed by atoms with Crippen LogP contribution < -0.4 is 0 Å². The van der Waals surface area contributed by atoms with Crippen LogP contribution in [-0.2, 0) is 4.74 Å². The van der Waals surface area contributed by atoms with Gasteiger partial charge < -0.3 is 9.84 Å². The lowest BCUT2D eigenvalue weighted by Gasteiger charge is -2.36. The lowest BCUT2D eigenvalue weighted by Crippen LogP contribution is -2.43. The van der Waals surface area contributed by atoms with Gasteiger partial charge in [0.25, 0.3) is 0 Å². The fourth-order valence-corrected chi connectivity index (χ4v) is 1.84. The van der Waals surface area contributed by atoms with Crippen LogP contribution in [0.1, 0.15) is 41.0 Å². The van der Waals surface area contributed by atoms with E-state index in [0.29, 0.717) is 5.92 Å². The highest BCUT2D eigenvalue weighted by Crippen LogP contribution is 2.27. The van der Waals surface area contributed by atoms with E-state index in [4.69, 9.17) is 4.74 Å². The van der Waals surface area contributed by atoms with Crippen LogP contribution in [0, 0.1) is 5.92 Å². The molecule has 0 fully saturated rings. The van der Waals surface area contributed by atoms with E-state index in [9.17, 15) is 5.11 Å². The number of ether oxygens (including phenoxy) is 1. The first-order valence-electron chi connectivity index (χ1n) is 5.30. The minimum absolute atomic E-state index is 0.119. The SMILES string of the molecule is C=CC(O)C(C)(CC(C)C)OC(C)C. The largest absolute Gasteiger partial charge is 0.386 e. The van der Waals surface area contributed by atoms with Crippen molar-refractivity contribution >= 4 is 0 Å². The van der Waals surface area contributed by atoms with Crippen molar-refractivity contribution in [3.05, 3.63) is 12.7 Å². The zero-order valence-electron chi connectivity index (χ0n) is 10.1. The molecule has 0 aromatic rings. The van der Waals surface area contributed by atoms with Gasteiger partial charge in [-0.05, 0) is 33.1 Å². The molecule has 0 radical (unpaired) electrons. The monoisotopic (exact) mass is 200 g/mol. The average Bonchev–Trinajstić information content (AvgIpc) is 1.99. The van der Waals surface area contributed by atoms with Crippen LogP contribution in [0.2, 0.25) is 0 Å². The third-order valence-electron chi connectivity index (χ3n) is 2.17. The third kappa shape index (κ3) is 4.25. The third-order valence-corrected chi connectivity index (χ3v) is 2.17. The normalized spacial score (nSPS) is 18.3. The first kappa shape index (κ1) is 13.7. The molecule has 0 aromatic carbocycles. The molecule has 2 heteroatoms. The average molecular weight is 200 g/mol. The van der Waals surface area contributed by atoms with Crippen LogP contribution in [0.4, 0.5) is 0 Å². The van der Waals surface area contributed by atoms with Gasteiger partial charge in [-0.1, -0.05) is 19.9 Å². The maximum Gasteiger partial charge on any atom is 0.101 e. The summed E-state index contributed by atoms with van der Waals surface area (Å²) in [4.78, 5) is 0. The van der Waals surface area contributed by atoms with E-state index in [0.717, 1.165) is 6.42 Å². The topological polar surface area (TPSA) is 29.5 Å². The molecule has 0 heterocycles. The first-order chi connectivity index (χ1) is 6.31. The van der Waals surface area contributed by atoms with Crippen LogP contribution in [0.3, 0.4) is 0 Å². The molecule has 84 valence electrons. The zero-order valence-corrected chi connectivity index (χ0v) is 10.1. The maximum absolute atomic E-state index is 9.83. The minimum atomic E-state index is -0.604. The molecule has 0 rings (SSSR count). The van der Waals surface area contributed by atoms with E-state index < -0.39 is 11.7 Å². The van der Waals surface area contributed by atoms with Crippen LogP contribution in [0.25, 0.3) is 0 Å². The van der Waals surface area contributed by atoms with Crippen LogP contribution in [0.15, 0.2) is 12.7 Å². The Morgan fingerprint density at radius 3 is 2.14 bits per heavy atom. The summed E-state index contributed by atoms with van der Waals surface area (Å²) in [6.45, 7) is 13.8. The number of rotatable bonds is 6. The second kappa shape index (κ2) is 5.52. The fourth-order valence-electron chi connectivity index (χ4n) is 1.84. The van der Waals surface area contributed by atoms with Gasteiger partial charge in [0.05, 0.1) is 11.7 Å². The number of aliphatic hydroxyl groups excluding tert-OH is 1. The summed E-state index contributed by atoms with van der Waals surface area (Å²) in [6.07, 6.45) is 1.89. The summed E-state index contributed by atoms with van der Waals surface area (Å²) in [5, 5.41) is 9.83. The van der Waals surface area contributed by atoms with Crippen LogP contribution >= 0.6 is 0 Å². The molecular weight excluding hydrogens is 176 g/mol. The number of aliphatic hydroxyl groups is 1. The Morgan fingerprint density at radius 1 is 1.36 bits per heavy atom. The Bertz CT molecular complexity index is 163. The highest BCUT2D eigenvalue weighted by Gasteiger charge is 2.33. The molecule has 14 heavy (non-hydrogen) atoms. The predicted octanol–water partition coefficient (Wildman–Crippen LogP) is 2.76. The van der Waals surface area contributed by atoms with Gasteiger partial charge in [0.2, 0.25) is 0 Å². The van der Waals surface area contributed by atoms with Gasteiger partial charge in [0.15, 0.2) is 0 Å². The molecule has 2 unspecified atom stereocenters. The summed E-state index contributed by atoms with van der Waals surface area (Å²) >= 11 is 0. The van der Waals surface area contributed by atoms with Crippen molar-refractivity contribution in [2.75, 3.05) is 0 Å². The van der Waals surface area contributed by atoms with Gasteiger partial charge in [-0.25, -0.2) is 0 Å². The quantitative estimate of drug-likeness (QED) is 0.668. The molecule has 0 saturated carbocycles. The van der Waals surface area contributed by atoms with Crippen molar-refractivity contribution in [2.45, 2.75) is 58.8 Å². The summed E-state index contributed by atoms with van der Waals surface area (Å²) in [7, 11) is 0. The predicted molar refractivity (Wildman–Crippen MR) is 60.3 cm³/mol. The molecule has 0 aliphatic rings. The first-order valence-corrected chi connectivity index (χ1v) is 5.30. The Labute approximate surface area is 88.0 Å². The molecule has 0 bridgehead atoms. The fraction of sp³-hybridized carbons (Fsp3) is 0.833. The highest BCUT2D eigenvalue weighted by molar-refractivity contribution is 4.95. The van der Waals surface area contributed by atoms with Crippen molar-refractivity contribution < 1.29 is 9.84 Å². The molecule has 0 aliphatic heterocycles. The molecule has 0 aromatic heterocycles. The summed E-state index contributed by atoms with van der Waals surface area (Å²) in [6, 6.07) is 0. The second-order valence-electron chi connectivity index (χ2n) is 4.76. The van der Waals surface area contributed by atoms with Crippen LogP contribution in [0.5, 0.6) is 0 Å². The maximum atomic E-state index is 9.83. The van der Waals surface area contributed by atoms with Crippen molar-refractivity contribution in [2.24, 2.45) is 5.92 Å². The highest BCUT2D eigenvalue weighted by atomic mass is 16.5. The molecular formula is C12H24O2. The lowest BCUT2D eigenvalue weighted by molar-refractivity contribution is -0.130. The lowest BCUT2D eigenvalue weighted by atomic mass is 9.88. The van der Waals surface area contributed by atoms with E-state index >= 15 is 0 Å². The molecule has 0 amide bonds. The summed E-state index contributed by atoms with van der Waals surface area (Å²) in [5.41, 5.74) is -0.510. The smallest absolute Gasteiger partial charge is 0.101 e. The van der Waals surface area contributed by atoms with E-state index in [1.54, 1.807) is 6.08 Å². The van der Waals surface area contributed by atoms with E-state index in [1.165, 1.54) is 0 Å². The summed E-state index contributed by atoms with van der Waals surface area (Å²) < 4.78 is 5.78. The van der Waals surface area contributed by atoms with Crippen molar-refractivity contribution in [3.8, 4) is 0 Å². The number of hydrogen-bond donors (Lipinski definition) is 1. The van der Waals surface area contributed by atoms with Crippen molar-refractivity contribution in [1.82, 2.24) is 0 Å². The van der Waals surface area contributed by atoms with Gasteiger partial charge in [-0.2, -0.15) is 0 Å². The van der Waals surface area contributed by atoms with Crippen LogP contribution in [-0.4, -0.2) is 22.9 Å². The number of hydrogen-bond acceptors (Lipinski definition) is 2. The van der Waals surface area contributed by atoms with Gasteiger partial charge in [0, 0.05) is 0 Å². The molecule has 0 aliphatic carbocycles. The van der Waals surface area contributed by atoms with E-state index in [2.05, 4.69) is 20.4 Å². The molecule has 0 spiro atoms. The zero-order chi connectivity index (χ0) is 11.4. The van der Waals surface area contributed by atoms with Gasteiger partial charge in [-0.15, -0.1) is 6.58 Å². The van der Waals surface area contributed by atoms with Gasteiger partial charge in [0.1, 0.15) is 6.10 Å². The molecule has 1 N–H and O–H groups in total. The summed E-state index contributed by atoms with van der Waals surface area (Å²) in [5.74, 6) is 0.494.